The molecular formula is C23H27NO4. The summed E-state index contributed by atoms with van der Waals surface area (Å²) in [6.45, 7) is 3.65. The molecule has 0 aromatic heterocycles. The summed E-state index contributed by atoms with van der Waals surface area (Å²) in [6, 6.07) is 17.5. The first-order valence-corrected chi connectivity index (χ1v) is 9.76. The van der Waals surface area contributed by atoms with E-state index in [2.05, 4.69) is 0 Å². The lowest BCUT2D eigenvalue weighted by atomic mass is 9.86. The Hall–Kier alpha value is -2.66. The molecule has 1 fully saturated rings. The summed E-state index contributed by atoms with van der Waals surface area (Å²) in [5, 5.41) is 11.4. The number of hydrogen-bond donors (Lipinski definition) is 1. The molecule has 1 aliphatic rings. The lowest BCUT2D eigenvalue weighted by Gasteiger charge is -2.39. The number of carbonyl (C=O) groups excluding carboxylic acids is 2. The van der Waals surface area contributed by atoms with E-state index in [1.165, 1.54) is 0 Å². The zero-order chi connectivity index (χ0) is 20.1. The van der Waals surface area contributed by atoms with Gasteiger partial charge >= 0.3 is 5.97 Å². The molecule has 0 aliphatic carbocycles. The molecule has 0 bridgehead atoms. The highest BCUT2D eigenvalue weighted by molar-refractivity contribution is 5.88. The average Bonchev–Trinajstić information content (AvgIpc) is 2.72. The molecule has 1 heterocycles. The maximum atomic E-state index is 13.0. The molecule has 28 heavy (non-hydrogen) atoms. The van der Waals surface area contributed by atoms with Gasteiger partial charge in [-0.15, -0.1) is 0 Å². The van der Waals surface area contributed by atoms with Gasteiger partial charge in [-0.1, -0.05) is 60.7 Å². The number of piperidine rings is 1. The second-order valence-corrected chi connectivity index (χ2v) is 7.45. The van der Waals surface area contributed by atoms with Gasteiger partial charge in [0.05, 0.1) is 0 Å². The predicted molar refractivity (Wildman–Crippen MR) is 106 cm³/mol. The first kappa shape index (κ1) is 20.1. The number of ether oxygens (including phenoxy) is 1. The van der Waals surface area contributed by atoms with Crippen LogP contribution in [0.5, 0.6) is 0 Å². The van der Waals surface area contributed by atoms with Crippen molar-refractivity contribution in [3.63, 3.8) is 0 Å². The van der Waals surface area contributed by atoms with E-state index in [4.69, 9.17) is 4.74 Å². The van der Waals surface area contributed by atoms with Gasteiger partial charge in [0.2, 0.25) is 5.60 Å². The largest absolute Gasteiger partial charge is 0.453 e. The molecule has 1 N–H and O–H groups in total. The van der Waals surface area contributed by atoms with Gasteiger partial charge in [0.15, 0.2) is 6.61 Å². The fourth-order valence-electron chi connectivity index (χ4n) is 3.98. The number of aliphatic hydroxyl groups is 1. The van der Waals surface area contributed by atoms with Gasteiger partial charge in [0, 0.05) is 12.1 Å². The van der Waals surface area contributed by atoms with Crippen LogP contribution in [0.3, 0.4) is 0 Å². The Balaban J connectivity index is 1.80. The van der Waals surface area contributed by atoms with Crippen LogP contribution in [0.15, 0.2) is 60.7 Å². The Morgan fingerprint density at radius 1 is 0.964 bits per heavy atom. The summed E-state index contributed by atoms with van der Waals surface area (Å²) < 4.78 is 5.35. The number of hydrogen-bond acceptors (Lipinski definition) is 4. The first-order valence-electron chi connectivity index (χ1n) is 9.76. The molecule has 0 unspecified atom stereocenters. The van der Waals surface area contributed by atoms with E-state index in [9.17, 15) is 14.7 Å². The molecule has 2 aromatic carbocycles. The number of rotatable bonds is 5. The molecule has 0 radical (unpaired) electrons. The van der Waals surface area contributed by atoms with Gasteiger partial charge in [-0.2, -0.15) is 0 Å². The Morgan fingerprint density at radius 3 is 1.89 bits per heavy atom. The van der Waals surface area contributed by atoms with E-state index in [1.807, 2.05) is 26.0 Å². The molecular weight excluding hydrogens is 354 g/mol. The van der Waals surface area contributed by atoms with E-state index in [0.717, 1.165) is 19.3 Å². The third-order valence-electron chi connectivity index (χ3n) is 5.49. The van der Waals surface area contributed by atoms with Crippen molar-refractivity contribution in [3.8, 4) is 0 Å². The van der Waals surface area contributed by atoms with Crippen LogP contribution in [0.1, 0.15) is 44.2 Å². The number of likely N-dealkylation sites (tertiary alicyclic amines) is 1. The van der Waals surface area contributed by atoms with Crippen molar-refractivity contribution in [2.75, 3.05) is 6.61 Å². The van der Waals surface area contributed by atoms with Crippen LogP contribution in [0.4, 0.5) is 0 Å². The predicted octanol–water partition coefficient (Wildman–Crippen LogP) is 3.26. The van der Waals surface area contributed by atoms with Crippen molar-refractivity contribution >= 4 is 11.9 Å². The topological polar surface area (TPSA) is 66.8 Å². The monoisotopic (exact) mass is 381 g/mol. The molecule has 3 rings (SSSR count). The van der Waals surface area contributed by atoms with Crippen molar-refractivity contribution in [3.05, 3.63) is 71.8 Å². The summed E-state index contributed by atoms with van der Waals surface area (Å²) in [6.07, 6.45) is 2.98. The highest BCUT2D eigenvalue weighted by Crippen LogP contribution is 2.31. The van der Waals surface area contributed by atoms with Gasteiger partial charge in [-0.25, -0.2) is 4.79 Å². The van der Waals surface area contributed by atoms with Crippen molar-refractivity contribution < 1.29 is 19.4 Å². The standard InChI is InChI=1S/C23H27NO4/c1-17-10-9-11-18(2)24(17)21(25)16-28-22(26)23(27,19-12-5-3-6-13-19)20-14-7-4-8-15-20/h3-8,12-15,17-18,27H,9-11,16H2,1-2H3/t17-,18-/m0/s1. The fourth-order valence-corrected chi connectivity index (χ4v) is 3.98. The average molecular weight is 381 g/mol. The Morgan fingerprint density at radius 2 is 1.43 bits per heavy atom. The van der Waals surface area contributed by atoms with Crippen LogP contribution in [-0.2, 0) is 19.9 Å². The van der Waals surface area contributed by atoms with E-state index in [1.54, 1.807) is 53.4 Å². The molecule has 0 saturated carbocycles. The van der Waals surface area contributed by atoms with E-state index in [-0.39, 0.29) is 24.6 Å². The Bertz CT molecular complexity index is 756. The minimum Gasteiger partial charge on any atom is -0.453 e. The molecule has 148 valence electrons. The first-order chi connectivity index (χ1) is 13.4. The van der Waals surface area contributed by atoms with Crippen LogP contribution in [0, 0.1) is 0 Å². The molecule has 2 aromatic rings. The molecule has 1 amide bonds. The van der Waals surface area contributed by atoms with Crippen molar-refractivity contribution in [1.82, 2.24) is 4.90 Å². The van der Waals surface area contributed by atoms with E-state index >= 15 is 0 Å². The zero-order valence-electron chi connectivity index (χ0n) is 16.4. The number of benzene rings is 2. The SMILES string of the molecule is C[C@H]1CCC[C@H](C)N1C(=O)COC(=O)C(O)(c1ccccc1)c1ccccc1. The van der Waals surface area contributed by atoms with E-state index in [0.29, 0.717) is 11.1 Å². The summed E-state index contributed by atoms with van der Waals surface area (Å²) >= 11 is 0. The molecule has 1 aliphatic heterocycles. The van der Waals surface area contributed by atoms with Crippen LogP contribution in [-0.4, -0.2) is 40.6 Å². The number of esters is 1. The number of amides is 1. The van der Waals surface area contributed by atoms with Crippen molar-refractivity contribution in [1.29, 1.82) is 0 Å². The minimum absolute atomic E-state index is 0.122. The Labute approximate surface area is 165 Å². The van der Waals surface area contributed by atoms with Crippen molar-refractivity contribution in [2.24, 2.45) is 0 Å². The second-order valence-electron chi connectivity index (χ2n) is 7.45. The molecule has 2 atom stereocenters. The summed E-state index contributed by atoms with van der Waals surface area (Å²) in [7, 11) is 0. The van der Waals surface area contributed by atoms with Crippen molar-refractivity contribution in [2.45, 2.75) is 50.8 Å². The van der Waals surface area contributed by atoms with Gasteiger partial charge in [-0.3, -0.25) is 4.79 Å². The smallest absolute Gasteiger partial charge is 0.348 e. The third kappa shape index (κ3) is 3.94. The fraction of sp³-hybridized carbons (Fsp3) is 0.391. The maximum Gasteiger partial charge on any atom is 0.348 e. The van der Waals surface area contributed by atoms with Gasteiger partial charge < -0.3 is 14.7 Å². The maximum absolute atomic E-state index is 13.0. The highest BCUT2D eigenvalue weighted by atomic mass is 16.6. The summed E-state index contributed by atoms with van der Waals surface area (Å²) in [5.41, 5.74) is -1.17. The minimum atomic E-state index is -1.97. The molecule has 1 saturated heterocycles. The normalized spacial score (nSPS) is 19.9. The summed E-state index contributed by atoms with van der Waals surface area (Å²) in [5.74, 6) is -1.08. The van der Waals surface area contributed by atoms with Gasteiger partial charge in [0.1, 0.15) is 0 Å². The third-order valence-corrected chi connectivity index (χ3v) is 5.49. The van der Waals surface area contributed by atoms with Gasteiger partial charge in [0.25, 0.3) is 5.91 Å². The Kier molecular flexibility index (Phi) is 6.15. The van der Waals surface area contributed by atoms with Crippen LogP contribution in [0.2, 0.25) is 0 Å². The zero-order valence-corrected chi connectivity index (χ0v) is 16.4. The second kappa shape index (κ2) is 8.57. The van der Waals surface area contributed by atoms with Crippen LogP contribution in [0.25, 0.3) is 0 Å². The van der Waals surface area contributed by atoms with Crippen LogP contribution >= 0.6 is 0 Å². The number of carbonyl (C=O) groups is 2. The lowest BCUT2D eigenvalue weighted by Crippen LogP contribution is -2.49. The number of nitrogens with zero attached hydrogens (tertiary/aromatic N) is 1. The lowest BCUT2D eigenvalue weighted by molar-refractivity contribution is -0.167. The highest BCUT2D eigenvalue weighted by Gasteiger charge is 2.42. The van der Waals surface area contributed by atoms with Crippen LogP contribution < -0.4 is 0 Å². The molecule has 0 spiro atoms. The quantitative estimate of drug-likeness (QED) is 0.808. The molecule has 5 heteroatoms. The van der Waals surface area contributed by atoms with Gasteiger partial charge in [-0.05, 0) is 44.2 Å². The molecule has 5 nitrogen and oxygen atoms in total. The van der Waals surface area contributed by atoms with E-state index < -0.39 is 11.6 Å². The summed E-state index contributed by atoms with van der Waals surface area (Å²) in [4.78, 5) is 27.5.